The fourth-order valence-electron chi connectivity index (χ4n) is 2.83. The topological polar surface area (TPSA) is 73.9 Å². The van der Waals surface area contributed by atoms with E-state index < -0.39 is 0 Å². The number of halogens is 1. The summed E-state index contributed by atoms with van der Waals surface area (Å²) in [5, 5.41) is 12.6. The molecule has 1 aromatic heterocycles. The van der Waals surface area contributed by atoms with Gasteiger partial charge in [-0.05, 0) is 32.0 Å². The molecule has 0 aliphatic carbocycles. The molecule has 1 aromatic carbocycles. The Morgan fingerprint density at radius 1 is 1.36 bits per heavy atom. The van der Waals surface area contributed by atoms with Crippen LogP contribution in [-0.4, -0.2) is 45.9 Å². The Bertz CT molecular complexity index is 625. The van der Waals surface area contributed by atoms with Crippen molar-refractivity contribution in [2.45, 2.75) is 18.9 Å². The van der Waals surface area contributed by atoms with Gasteiger partial charge in [-0.2, -0.15) is 15.4 Å². The second-order valence-corrected chi connectivity index (χ2v) is 5.35. The van der Waals surface area contributed by atoms with Gasteiger partial charge in [0.1, 0.15) is 5.82 Å². The van der Waals surface area contributed by atoms with Gasteiger partial charge in [0.2, 0.25) is 0 Å². The number of nitrogens with zero attached hydrogens (tertiary/aromatic N) is 3. The molecular formula is C15H18FN5O. The van der Waals surface area contributed by atoms with Crippen LogP contribution in [0.2, 0.25) is 0 Å². The Hall–Kier alpha value is -2.28. The highest BCUT2D eigenvalue weighted by Gasteiger charge is 2.26. The van der Waals surface area contributed by atoms with Crippen LogP contribution < -0.4 is 5.32 Å². The Kier molecular flexibility index (Phi) is 4.43. The number of benzene rings is 1. The van der Waals surface area contributed by atoms with Gasteiger partial charge in [0.05, 0.1) is 12.2 Å². The highest BCUT2D eigenvalue weighted by molar-refractivity contribution is 5.91. The van der Waals surface area contributed by atoms with Crippen molar-refractivity contribution in [1.82, 2.24) is 25.6 Å². The summed E-state index contributed by atoms with van der Waals surface area (Å²) in [6, 6.07) is 6.56. The van der Waals surface area contributed by atoms with Crippen molar-refractivity contribution in [3.63, 3.8) is 0 Å². The van der Waals surface area contributed by atoms with E-state index in [1.54, 1.807) is 12.1 Å². The summed E-state index contributed by atoms with van der Waals surface area (Å²) in [5.41, 5.74) is 0.846. The van der Waals surface area contributed by atoms with E-state index in [-0.39, 0.29) is 23.5 Å². The molecule has 1 aliphatic heterocycles. The summed E-state index contributed by atoms with van der Waals surface area (Å²) in [4.78, 5) is 14.2. The van der Waals surface area contributed by atoms with Crippen molar-refractivity contribution in [2.75, 3.05) is 19.6 Å². The van der Waals surface area contributed by atoms with E-state index in [1.807, 2.05) is 6.07 Å². The molecule has 1 saturated heterocycles. The second-order valence-electron chi connectivity index (χ2n) is 5.35. The number of nitrogens with one attached hydrogen (secondary N) is 2. The summed E-state index contributed by atoms with van der Waals surface area (Å²) in [6.07, 6.45) is 3.56. The van der Waals surface area contributed by atoms with Crippen molar-refractivity contribution in [3.05, 3.63) is 47.5 Å². The Morgan fingerprint density at radius 3 is 2.82 bits per heavy atom. The minimum atomic E-state index is -0.311. The summed E-state index contributed by atoms with van der Waals surface area (Å²) in [6.45, 7) is 2.17. The van der Waals surface area contributed by atoms with Crippen LogP contribution in [-0.2, 0) is 0 Å². The van der Waals surface area contributed by atoms with E-state index in [1.165, 1.54) is 12.3 Å². The van der Waals surface area contributed by atoms with Gasteiger partial charge in [0, 0.05) is 12.1 Å². The van der Waals surface area contributed by atoms with Gasteiger partial charge >= 0.3 is 0 Å². The molecule has 0 radical (unpaired) electrons. The molecule has 0 unspecified atom stereocenters. The molecule has 0 spiro atoms. The van der Waals surface area contributed by atoms with Crippen molar-refractivity contribution in [1.29, 1.82) is 0 Å². The van der Waals surface area contributed by atoms with Gasteiger partial charge in [-0.1, -0.05) is 18.2 Å². The number of rotatable bonds is 5. The third kappa shape index (κ3) is 3.14. The minimum Gasteiger partial charge on any atom is -0.349 e. The predicted molar refractivity (Wildman–Crippen MR) is 78.7 cm³/mol. The molecule has 0 saturated carbocycles. The number of amides is 1. The fraction of sp³-hybridized carbons (Fsp3) is 0.400. The Morgan fingerprint density at radius 2 is 2.14 bits per heavy atom. The van der Waals surface area contributed by atoms with Crippen LogP contribution in [0.5, 0.6) is 0 Å². The molecule has 1 atom stereocenters. The van der Waals surface area contributed by atoms with E-state index in [0.29, 0.717) is 12.1 Å². The quantitative estimate of drug-likeness (QED) is 0.878. The van der Waals surface area contributed by atoms with Crippen LogP contribution in [0.1, 0.15) is 34.9 Å². The van der Waals surface area contributed by atoms with Gasteiger partial charge in [-0.3, -0.25) is 9.69 Å². The Balaban J connectivity index is 1.74. The monoisotopic (exact) mass is 303 g/mol. The fourth-order valence-corrected chi connectivity index (χ4v) is 2.83. The van der Waals surface area contributed by atoms with Crippen molar-refractivity contribution >= 4 is 5.91 Å². The first-order valence-electron chi connectivity index (χ1n) is 7.38. The molecule has 6 nitrogen and oxygen atoms in total. The van der Waals surface area contributed by atoms with Crippen LogP contribution in [0, 0.1) is 5.82 Å². The number of aromatic nitrogens is 3. The molecule has 1 amide bonds. The molecule has 3 rings (SSSR count). The third-order valence-electron chi connectivity index (χ3n) is 3.95. The summed E-state index contributed by atoms with van der Waals surface area (Å²) >= 11 is 0. The molecule has 2 aromatic rings. The van der Waals surface area contributed by atoms with Crippen molar-refractivity contribution in [3.8, 4) is 0 Å². The maximum atomic E-state index is 14.1. The van der Waals surface area contributed by atoms with Gasteiger partial charge < -0.3 is 5.32 Å². The van der Waals surface area contributed by atoms with Gasteiger partial charge in [-0.15, -0.1) is 0 Å². The van der Waals surface area contributed by atoms with Crippen LogP contribution in [0.25, 0.3) is 0 Å². The number of hydrogen-bond donors (Lipinski definition) is 2. The third-order valence-corrected chi connectivity index (χ3v) is 3.95. The first-order valence-corrected chi connectivity index (χ1v) is 7.38. The van der Waals surface area contributed by atoms with E-state index in [9.17, 15) is 9.18 Å². The number of hydrogen-bond acceptors (Lipinski definition) is 4. The van der Waals surface area contributed by atoms with E-state index in [4.69, 9.17) is 0 Å². The predicted octanol–water partition coefficient (Wildman–Crippen LogP) is 1.51. The average Bonchev–Trinajstić information content (AvgIpc) is 3.22. The number of carbonyl (C=O) groups excluding carboxylic acids is 1. The first-order chi connectivity index (χ1) is 10.8. The SMILES string of the molecule is O=C(NC[C@H](c1ccccc1F)N1CCCC1)c1cn[nH]n1. The number of H-pyrrole nitrogens is 1. The molecule has 116 valence electrons. The number of carbonyl (C=O) groups is 1. The zero-order valence-electron chi connectivity index (χ0n) is 12.1. The summed E-state index contributed by atoms with van der Waals surface area (Å²) in [7, 11) is 0. The van der Waals surface area contributed by atoms with Gasteiger partial charge in [0.25, 0.3) is 5.91 Å². The maximum absolute atomic E-state index is 14.1. The zero-order chi connectivity index (χ0) is 15.4. The van der Waals surface area contributed by atoms with E-state index in [0.717, 1.165) is 25.9 Å². The normalized spacial score (nSPS) is 16.6. The smallest absolute Gasteiger partial charge is 0.273 e. The molecule has 7 heteroatoms. The lowest BCUT2D eigenvalue weighted by molar-refractivity contribution is 0.0932. The molecule has 22 heavy (non-hydrogen) atoms. The molecule has 0 bridgehead atoms. The van der Waals surface area contributed by atoms with Crippen LogP contribution in [0.15, 0.2) is 30.5 Å². The number of aromatic amines is 1. The Labute approximate surface area is 127 Å². The molecule has 2 heterocycles. The average molecular weight is 303 g/mol. The lowest BCUT2D eigenvalue weighted by Crippen LogP contribution is -2.37. The lowest BCUT2D eigenvalue weighted by atomic mass is 10.0. The van der Waals surface area contributed by atoms with E-state index in [2.05, 4.69) is 25.6 Å². The number of likely N-dealkylation sites (tertiary alicyclic amines) is 1. The standard InChI is InChI=1S/C15H18FN5O/c16-12-6-2-1-5-11(12)14(21-7-3-4-8-21)10-17-15(22)13-9-18-20-19-13/h1-2,5-6,9,14H,3-4,7-8,10H2,(H,17,22)(H,18,19,20)/t14-/m1/s1. The van der Waals surface area contributed by atoms with E-state index >= 15 is 0 Å². The zero-order valence-corrected chi connectivity index (χ0v) is 12.1. The largest absolute Gasteiger partial charge is 0.349 e. The lowest BCUT2D eigenvalue weighted by Gasteiger charge is -2.28. The highest BCUT2D eigenvalue weighted by Crippen LogP contribution is 2.26. The van der Waals surface area contributed by atoms with Gasteiger partial charge in [0.15, 0.2) is 5.69 Å². The minimum absolute atomic E-state index is 0.167. The summed E-state index contributed by atoms with van der Waals surface area (Å²) in [5.74, 6) is -0.552. The van der Waals surface area contributed by atoms with Crippen LogP contribution >= 0.6 is 0 Å². The summed E-state index contributed by atoms with van der Waals surface area (Å²) < 4.78 is 14.1. The maximum Gasteiger partial charge on any atom is 0.273 e. The van der Waals surface area contributed by atoms with Crippen molar-refractivity contribution in [2.24, 2.45) is 0 Å². The van der Waals surface area contributed by atoms with Crippen LogP contribution in [0.3, 0.4) is 0 Å². The van der Waals surface area contributed by atoms with Crippen molar-refractivity contribution < 1.29 is 9.18 Å². The molecule has 1 aliphatic rings. The van der Waals surface area contributed by atoms with Crippen LogP contribution in [0.4, 0.5) is 4.39 Å². The first kappa shape index (κ1) is 14.6. The second kappa shape index (κ2) is 6.65. The van der Waals surface area contributed by atoms with Gasteiger partial charge in [-0.25, -0.2) is 4.39 Å². The highest BCUT2D eigenvalue weighted by atomic mass is 19.1. The molecule has 2 N–H and O–H groups in total. The molecule has 1 fully saturated rings. The molecular weight excluding hydrogens is 285 g/mol.